The van der Waals surface area contributed by atoms with Crippen LogP contribution in [0.5, 0.6) is 5.75 Å². The minimum absolute atomic E-state index is 0.343. The third kappa shape index (κ3) is 3.07. The number of hydrogen-bond acceptors (Lipinski definition) is 2. The number of fused-ring (bicyclic) bond motifs is 3. The van der Waals surface area contributed by atoms with Gasteiger partial charge in [0, 0.05) is 22.2 Å². The Morgan fingerprint density at radius 2 is 1.89 bits per heavy atom. The highest BCUT2D eigenvalue weighted by atomic mass is 16.5. The van der Waals surface area contributed by atoms with Crippen LogP contribution in [0, 0.1) is 5.92 Å². The van der Waals surface area contributed by atoms with E-state index in [-0.39, 0.29) is 0 Å². The Bertz CT molecular complexity index is 1050. The maximum absolute atomic E-state index is 11.9. The van der Waals surface area contributed by atoms with Crippen LogP contribution in [0.2, 0.25) is 0 Å². The maximum atomic E-state index is 11.9. The minimum atomic E-state index is -0.891. The molecule has 5 rings (SSSR count). The molecule has 3 aromatic rings. The summed E-state index contributed by atoms with van der Waals surface area (Å²) in [5.41, 5.74) is 5.12. The number of nitrogens with zero attached hydrogens (tertiary/aromatic N) is 1. The third-order valence-corrected chi connectivity index (χ3v) is 6.14. The van der Waals surface area contributed by atoms with Gasteiger partial charge in [0.05, 0.1) is 18.7 Å². The molecule has 1 heterocycles. The summed E-state index contributed by atoms with van der Waals surface area (Å²) in [6.45, 7) is 1.22. The predicted octanol–water partition coefficient (Wildman–Crippen LogP) is 5.06. The van der Waals surface area contributed by atoms with Gasteiger partial charge in [0.25, 0.3) is 0 Å². The molecule has 1 fully saturated rings. The maximum Gasteiger partial charge on any atom is 0.336 e. The van der Waals surface area contributed by atoms with Gasteiger partial charge in [-0.3, -0.25) is 0 Å². The number of benzene rings is 2. The molecule has 0 aliphatic heterocycles. The Labute approximate surface area is 164 Å². The van der Waals surface area contributed by atoms with E-state index >= 15 is 0 Å². The standard InChI is InChI=1S/C24H25NO3/c26-24(27)19-8-5-11-23(28-15-16-12-13-16)20(19)14-25-21-9-3-1-6-17(21)18-7-2-4-10-22(18)25/h1,3,5-6,8-9,11,16H,2,4,7,10,12-15H2,(H,26,27). The van der Waals surface area contributed by atoms with Crippen LogP contribution in [0.4, 0.5) is 0 Å². The first kappa shape index (κ1) is 17.4. The fourth-order valence-electron chi connectivity index (χ4n) is 4.48. The molecule has 0 spiro atoms. The first-order chi connectivity index (χ1) is 13.7. The number of aromatic nitrogens is 1. The Morgan fingerprint density at radius 3 is 2.71 bits per heavy atom. The first-order valence-corrected chi connectivity index (χ1v) is 10.3. The van der Waals surface area contributed by atoms with Crippen LogP contribution in [0.3, 0.4) is 0 Å². The average molecular weight is 375 g/mol. The highest BCUT2D eigenvalue weighted by molar-refractivity contribution is 5.91. The van der Waals surface area contributed by atoms with Crippen molar-refractivity contribution in [2.24, 2.45) is 5.92 Å². The number of ether oxygens (including phenoxy) is 1. The van der Waals surface area contributed by atoms with Crippen LogP contribution >= 0.6 is 0 Å². The summed E-state index contributed by atoms with van der Waals surface area (Å²) in [4.78, 5) is 11.9. The van der Waals surface area contributed by atoms with Gasteiger partial charge in [-0.2, -0.15) is 0 Å². The first-order valence-electron chi connectivity index (χ1n) is 10.3. The second-order valence-corrected chi connectivity index (χ2v) is 8.08. The van der Waals surface area contributed by atoms with Crippen LogP contribution < -0.4 is 4.74 Å². The summed E-state index contributed by atoms with van der Waals surface area (Å²) >= 11 is 0. The average Bonchev–Trinajstić information content (AvgIpc) is 3.50. The lowest BCUT2D eigenvalue weighted by Crippen LogP contribution is -2.14. The summed E-state index contributed by atoms with van der Waals surface area (Å²) in [7, 11) is 0. The smallest absolute Gasteiger partial charge is 0.336 e. The Morgan fingerprint density at radius 1 is 1.07 bits per heavy atom. The minimum Gasteiger partial charge on any atom is -0.493 e. The van der Waals surface area contributed by atoms with Gasteiger partial charge in [0.2, 0.25) is 0 Å². The van der Waals surface area contributed by atoms with Crippen LogP contribution in [-0.4, -0.2) is 22.2 Å². The van der Waals surface area contributed by atoms with Gasteiger partial charge in [-0.25, -0.2) is 4.79 Å². The van der Waals surface area contributed by atoms with E-state index in [1.807, 2.05) is 6.07 Å². The van der Waals surface area contributed by atoms with Crippen molar-refractivity contribution >= 4 is 16.9 Å². The number of aromatic carboxylic acids is 1. The van der Waals surface area contributed by atoms with E-state index < -0.39 is 5.97 Å². The molecule has 4 nitrogen and oxygen atoms in total. The van der Waals surface area contributed by atoms with E-state index in [1.54, 1.807) is 12.1 Å². The highest BCUT2D eigenvalue weighted by Crippen LogP contribution is 2.35. The van der Waals surface area contributed by atoms with Crippen molar-refractivity contribution in [3.05, 3.63) is 64.8 Å². The molecular weight excluding hydrogens is 350 g/mol. The van der Waals surface area contributed by atoms with E-state index in [9.17, 15) is 9.90 Å². The van der Waals surface area contributed by atoms with Crippen molar-refractivity contribution in [2.45, 2.75) is 45.1 Å². The lowest BCUT2D eigenvalue weighted by molar-refractivity contribution is 0.0695. The summed E-state index contributed by atoms with van der Waals surface area (Å²) in [6, 6.07) is 13.9. The lowest BCUT2D eigenvalue weighted by atomic mass is 9.95. The molecule has 1 saturated carbocycles. The molecule has 4 heteroatoms. The second kappa shape index (κ2) is 7.01. The lowest BCUT2D eigenvalue weighted by Gasteiger charge is -2.19. The summed E-state index contributed by atoms with van der Waals surface area (Å²) < 4.78 is 8.41. The zero-order valence-electron chi connectivity index (χ0n) is 16.0. The van der Waals surface area contributed by atoms with Crippen LogP contribution in [0.1, 0.15) is 52.9 Å². The molecule has 2 aliphatic carbocycles. The SMILES string of the molecule is O=C(O)c1cccc(OCC2CC2)c1Cn1c2c(c3ccccc31)CCCC2. The van der Waals surface area contributed by atoms with Crippen molar-refractivity contribution in [1.29, 1.82) is 0 Å². The van der Waals surface area contributed by atoms with Crippen molar-refractivity contribution < 1.29 is 14.6 Å². The zero-order valence-corrected chi connectivity index (χ0v) is 16.0. The van der Waals surface area contributed by atoms with E-state index in [2.05, 4.69) is 28.8 Å². The van der Waals surface area contributed by atoms with Crippen LogP contribution in [0.25, 0.3) is 10.9 Å². The Balaban J connectivity index is 1.62. The molecule has 2 aromatic carbocycles. The third-order valence-electron chi connectivity index (χ3n) is 6.14. The normalized spacial score (nSPS) is 16.1. The Kier molecular flexibility index (Phi) is 4.34. The van der Waals surface area contributed by atoms with E-state index in [1.165, 1.54) is 47.8 Å². The molecule has 28 heavy (non-hydrogen) atoms. The van der Waals surface area contributed by atoms with Gasteiger partial charge in [0.15, 0.2) is 0 Å². The van der Waals surface area contributed by atoms with Crippen LogP contribution in [0.15, 0.2) is 42.5 Å². The molecule has 0 unspecified atom stereocenters. The predicted molar refractivity (Wildman–Crippen MR) is 109 cm³/mol. The molecule has 0 amide bonds. The van der Waals surface area contributed by atoms with Gasteiger partial charge in [-0.15, -0.1) is 0 Å². The molecule has 0 atom stereocenters. The number of aryl methyl sites for hydroxylation is 1. The largest absolute Gasteiger partial charge is 0.493 e. The fourth-order valence-corrected chi connectivity index (χ4v) is 4.48. The highest BCUT2D eigenvalue weighted by Gasteiger charge is 2.25. The Hall–Kier alpha value is -2.75. The number of carboxylic acids is 1. The van der Waals surface area contributed by atoms with Gasteiger partial charge >= 0.3 is 5.97 Å². The van der Waals surface area contributed by atoms with Crippen molar-refractivity contribution in [2.75, 3.05) is 6.61 Å². The number of carbonyl (C=O) groups is 1. The monoisotopic (exact) mass is 375 g/mol. The summed E-state index contributed by atoms with van der Waals surface area (Å²) in [5, 5.41) is 11.1. The van der Waals surface area contributed by atoms with Gasteiger partial charge < -0.3 is 14.4 Å². The summed E-state index contributed by atoms with van der Waals surface area (Å²) in [5.74, 6) is 0.452. The van der Waals surface area contributed by atoms with Crippen LogP contribution in [-0.2, 0) is 19.4 Å². The quantitative estimate of drug-likeness (QED) is 0.655. The van der Waals surface area contributed by atoms with E-state index in [0.717, 1.165) is 18.4 Å². The molecule has 2 aliphatic rings. The van der Waals surface area contributed by atoms with Crippen molar-refractivity contribution in [1.82, 2.24) is 4.57 Å². The molecule has 0 saturated heterocycles. The number of hydrogen-bond donors (Lipinski definition) is 1. The van der Waals surface area contributed by atoms with Gasteiger partial charge in [0.1, 0.15) is 5.75 Å². The number of carboxylic acid groups (broad SMARTS) is 1. The second-order valence-electron chi connectivity index (χ2n) is 8.08. The van der Waals surface area contributed by atoms with E-state index in [0.29, 0.717) is 30.4 Å². The topological polar surface area (TPSA) is 51.5 Å². The molecular formula is C24H25NO3. The van der Waals surface area contributed by atoms with Gasteiger partial charge in [-0.05, 0) is 68.2 Å². The number of para-hydroxylation sites is 1. The van der Waals surface area contributed by atoms with Crippen molar-refractivity contribution in [3.8, 4) is 5.75 Å². The summed E-state index contributed by atoms with van der Waals surface area (Å²) in [6.07, 6.45) is 7.00. The fraction of sp³-hybridized carbons (Fsp3) is 0.375. The number of rotatable bonds is 6. The van der Waals surface area contributed by atoms with Gasteiger partial charge in [-0.1, -0.05) is 24.3 Å². The molecule has 1 N–H and O–H groups in total. The molecule has 0 radical (unpaired) electrons. The molecule has 1 aromatic heterocycles. The molecule has 0 bridgehead atoms. The van der Waals surface area contributed by atoms with Crippen molar-refractivity contribution in [3.63, 3.8) is 0 Å². The molecule has 144 valence electrons. The zero-order chi connectivity index (χ0) is 19.1. The van der Waals surface area contributed by atoms with E-state index in [4.69, 9.17) is 4.74 Å².